The number of rotatable bonds is 5. The Bertz CT molecular complexity index is 1160. The van der Waals surface area contributed by atoms with Crippen molar-refractivity contribution in [1.29, 1.82) is 0 Å². The molecule has 7 heteroatoms. The number of carbonyl (C=O) groups excluding carboxylic acids is 2. The Morgan fingerprint density at radius 1 is 0.857 bits per heavy atom. The number of piperazine rings is 1. The Kier molecular flexibility index (Phi) is 7.05. The molecule has 35 heavy (non-hydrogen) atoms. The van der Waals surface area contributed by atoms with Crippen LogP contribution in [-0.2, 0) is 5.41 Å². The van der Waals surface area contributed by atoms with Crippen molar-refractivity contribution in [3.05, 3.63) is 83.6 Å². The van der Waals surface area contributed by atoms with E-state index >= 15 is 0 Å². The first-order valence-corrected chi connectivity index (χ1v) is 11.8. The van der Waals surface area contributed by atoms with Crippen molar-refractivity contribution in [2.45, 2.75) is 26.2 Å². The molecule has 0 unspecified atom stereocenters. The summed E-state index contributed by atoms with van der Waals surface area (Å²) in [5.41, 5.74) is 3.14. The van der Waals surface area contributed by atoms with Crippen molar-refractivity contribution < 1.29 is 14.3 Å². The van der Waals surface area contributed by atoms with Gasteiger partial charge in [-0.25, -0.2) is 4.98 Å². The van der Waals surface area contributed by atoms with E-state index in [0.717, 1.165) is 11.6 Å². The standard InChI is InChI=1S/C28H32N4O3/c1-28(2,3)22-9-5-20(6-10-22)26(33)30-23-11-14-25(29-19-23)31-15-17-32(18-16-31)27(34)21-7-12-24(35-4)13-8-21/h5-14,19H,15-18H2,1-4H3,(H,30,33). The lowest BCUT2D eigenvalue weighted by molar-refractivity contribution is 0.0746. The van der Waals surface area contributed by atoms with Gasteiger partial charge in [-0.15, -0.1) is 0 Å². The molecule has 0 spiro atoms. The van der Waals surface area contributed by atoms with Crippen LogP contribution in [0.4, 0.5) is 11.5 Å². The van der Waals surface area contributed by atoms with Crippen LogP contribution in [0.2, 0.25) is 0 Å². The number of benzene rings is 2. The number of methoxy groups -OCH3 is 1. The first-order chi connectivity index (χ1) is 16.7. The van der Waals surface area contributed by atoms with Crippen molar-refractivity contribution in [3.8, 4) is 5.75 Å². The van der Waals surface area contributed by atoms with E-state index in [0.29, 0.717) is 43.0 Å². The first-order valence-electron chi connectivity index (χ1n) is 11.8. The number of anilines is 2. The van der Waals surface area contributed by atoms with Crippen LogP contribution < -0.4 is 15.0 Å². The summed E-state index contributed by atoms with van der Waals surface area (Å²) in [5.74, 6) is 1.42. The van der Waals surface area contributed by atoms with Crippen LogP contribution in [0.25, 0.3) is 0 Å². The van der Waals surface area contributed by atoms with Crippen molar-refractivity contribution in [1.82, 2.24) is 9.88 Å². The number of carbonyl (C=O) groups is 2. The number of hydrogen-bond donors (Lipinski definition) is 1. The van der Waals surface area contributed by atoms with Gasteiger partial charge in [-0.3, -0.25) is 9.59 Å². The molecule has 182 valence electrons. The fraction of sp³-hybridized carbons (Fsp3) is 0.321. The highest BCUT2D eigenvalue weighted by molar-refractivity contribution is 6.04. The fourth-order valence-corrected chi connectivity index (χ4v) is 4.03. The van der Waals surface area contributed by atoms with Crippen LogP contribution in [0.5, 0.6) is 5.75 Å². The summed E-state index contributed by atoms with van der Waals surface area (Å²) in [5, 5.41) is 2.91. The van der Waals surface area contributed by atoms with Crippen LogP contribution in [0, 0.1) is 0 Å². The van der Waals surface area contributed by atoms with Crippen molar-refractivity contribution in [3.63, 3.8) is 0 Å². The second-order valence-corrected chi connectivity index (χ2v) is 9.69. The number of nitrogens with zero attached hydrogens (tertiary/aromatic N) is 3. The summed E-state index contributed by atoms with van der Waals surface area (Å²) in [6.45, 7) is 9.07. The van der Waals surface area contributed by atoms with E-state index in [1.807, 2.05) is 41.3 Å². The molecule has 1 fully saturated rings. The fourth-order valence-electron chi connectivity index (χ4n) is 4.03. The average Bonchev–Trinajstić information content (AvgIpc) is 2.88. The van der Waals surface area contributed by atoms with Gasteiger partial charge in [-0.2, -0.15) is 0 Å². The minimum Gasteiger partial charge on any atom is -0.497 e. The van der Waals surface area contributed by atoms with Gasteiger partial charge in [0.15, 0.2) is 0 Å². The second kappa shape index (κ2) is 10.2. The molecule has 1 saturated heterocycles. The molecular weight excluding hydrogens is 440 g/mol. The Hall–Kier alpha value is -3.87. The Morgan fingerprint density at radius 3 is 2.03 bits per heavy atom. The van der Waals surface area contributed by atoms with Crippen LogP contribution >= 0.6 is 0 Å². The highest BCUT2D eigenvalue weighted by atomic mass is 16.5. The molecular formula is C28H32N4O3. The van der Waals surface area contributed by atoms with Gasteiger partial charge in [0.1, 0.15) is 11.6 Å². The highest BCUT2D eigenvalue weighted by Gasteiger charge is 2.23. The van der Waals surface area contributed by atoms with E-state index in [9.17, 15) is 9.59 Å². The topological polar surface area (TPSA) is 74.8 Å². The van der Waals surface area contributed by atoms with Crippen LogP contribution in [0.3, 0.4) is 0 Å². The lowest BCUT2D eigenvalue weighted by Gasteiger charge is -2.35. The molecule has 0 bridgehead atoms. The molecule has 0 saturated carbocycles. The third-order valence-electron chi connectivity index (χ3n) is 6.25. The predicted molar refractivity (Wildman–Crippen MR) is 138 cm³/mol. The summed E-state index contributed by atoms with van der Waals surface area (Å²) < 4.78 is 5.16. The van der Waals surface area contributed by atoms with Gasteiger partial charge in [0.05, 0.1) is 19.0 Å². The minimum absolute atomic E-state index is 0.0221. The molecule has 1 aliphatic rings. The molecule has 3 aromatic rings. The number of aromatic nitrogens is 1. The molecule has 7 nitrogen and oxygen atoms in total. The van der Waals surface area contributed by atoms with E-state index in [1.54, 1.807) is 37.6 Å². The quantitative estimate of drug-likeness (QED) is 0.587. The first kappa shape index (κ1) is 24.3. The van der Waals surface area contributed by atoms with Gasteiger partial charge in [0.2, 0.25) is 0 Å². The third-order valence-corrected chi connectivity index (χ3v) is 6.25. The maximum absolute atomic E-state index is 12.8. The van der Waals surface area contributed by atoms with Gasteiger partial charge in [0, 0.05) is 37.3 Å². The van der Waals surface area contributed by atoms with Crippen LogP contribution in [-0.4, -0.2) is 55.0 Å². The highest BCUT2D eigenvalue weighted by Crippen LogP contribution is 2.23. The van der Waals surface area contributed by atoms with Crippen LogP contribution in [0.1, 0.15) is 47.1 Å². The predicted octanol–water partition coefficient (Wildman–Crippen LogP) is 4.60. The average molecular weight is 473 g/mol. The van der Waals surface area contributed by atoms with Crippen molar-refractivity contribution in [2.24, 2.45) is 0 Å². The van der Waals surface area contributed by atoms with Crippen molar-refractivity contribution in [2.75, 3.05) is 43.5 Å². The molecule has 1 aromatic heterocycles. The SMILES string of the molecule is COc1ccc(C(=O)N2CCN(c3ccc(NC(=O)c4ccc(C(C)(C)C)cc4)cn3)CC2)cc1. The molecule has 2 heterocycles. The second-order valence-electron chi connectivity index (χ2n) is 9.69. The molecule has 0 atom stereocenters. The Labute approximate surface area is 206 Å². The van der Waals surface area contributed by atoms with Crippen molar-refractivity contribution >= 4 is 23.3 Å². The molecule has 0 aliphatic carbocycles. The van der Waals surface area contributed by atoms with E-state index in [4.69, 9.17) is 4.74 Å². The largest absolute Gasteiger partial charge is 0.497 e. The monoisotopic (exact) mass is 472 g/mol. The molecule has 1 aliphatic heterocycles. The molecule has 1 N–H and O–H groups in total. The number of pyridine rings is 1. The number of amides is 2. The maximum Gasteiger partial charge on any atom is 0.255 e. The zero-order chi connectivity index (χ0) is 25.0. The molecule has 2 amide bonds. The number of hydrogen-bond acceptors (Lipinski definition) is 5. The van der Waals surface area contributed by atoms with E-state index < -0.39 is 0 Å². The third kappa shape index (κ3) is 5.80. The van der Waals surface area contributed by atoms with Crippen LogP contribution in [0.15, 0.2) is 66.9 Å². The summed E-state index contributed by atoms with van der Waals surface area (Å²) in [6.07, 6.45) is 1.67. The van der Waals surface area contributed by atoms with E-state index in [2.05, 4.69) is 36.0 Å². The summed E-state index contributed by atoms with van der Waals surface area (Å²) in [6, 6.07) is 18.6. The smallest absolute Gasteiger partial charge is 0.255 e. The number of nitrogens with one attached hydrogen (secondary N) is 1. The van der Waals surface area contributed by atoms with Gasteiger partial charge >= 0.3 is 0 Å². The van der Waals surface area contributed by atoms with E-state index in [1.165, 1.54) is 5.56 Å². The van der Waals surface area contributed by atoms with Gasteiger partial charge in [-0.1, -0.05) is 32.9 Å². The maximum atomic E-state index is 12.8. The van der Waals surface area contributed by atoms with Gasteiger partial charge < -0.3 is 19.9 Å². The summed E-state index contributed by atoms with van der Waals surface area (Å²) in [4.78, 5) is 33.9. The summed E-state index contributed by atoms with van der Waals surface area (Å²) in [7, 11) is 1.61. The lowest BCUT2D eigenvalue weighted by atomic mass is 9.87. The molecule has 2 aromatic carbocycles. The zero-order valence-corrected chi connectivity index (χ0v) is 20.7. The zero-order valence-electron chi connectivity index (χ0n) is 20.7. The normalized spacial score (nSPS) is 13.9. The summed E-state index contributed by atoms with van der Waals surface area (Å²) >= 11 is 0. The lowest BCUT2D eigenvalue weighted by Crippen LogP contribution is -2.49. The Morgan fingerprint density at radius 2 is 1.49 bits per heavy atom. The van der Waals surface area contributed by atoms with Gasteiger partial charge in [0.25, 0.3) is 11.8 Å². The molecule has 0 radical (unpaired) electrons. The Balaban J connectivity index is 1.31. The van der Waals surface area contributed by atoms with E-state index in [-0.39, 0.29) is 17.2 Å². The molecule has 4 rings (SSSR count). The minimum atomic E-state index is -0.161. The number of ether oxygens (including phenoxy) is 1. The van der Waals surface area contributed by atoms with Gasteiger partial charge in [-0.05, 0) is 59.5 Å².